The zero-order valence-corrected chi connectivity index (χ0v) is 11.3. The van der Waals surface area contributed by atoms with Crippen LogP contribution in [0, 0.1) is 5.41 Å². The monoisotopic (exact) mass is 232 g/mol. The highest BCUT2D eigenvalue weighted by atomic mass is 16.5. The van der Waals surface area contributed by atoms with Crippen molar-refractivity contribution in [2.45, 2.75) is 20.3 Å². The fourth-order valence-corrected chi connectivity index (χ4v) is 1.57. The first-order chi connectivity index (χ1) is 7.61. The van der Waals surface area contributed by atoms with E-state index in [9.17, 15) is 0 Å². The van der Waals surface area contributed by atoms with E-state index < -0.39 is 0 Å². The van der Waals surface area contributed by atoms with Crippen molar-refractivity contribution in [1.29, 1.82) is 0 Å². The Hall–Kier alpha value is -0.160. The van der Waals surface area contributed by atoms with Crippen molar-refractivity contribution in [2.75, 3.05) is 53.6 Å². The third-order valence-corrected chi connectivity index (χ3v) is 3.17. The van der Waals surface area contributed by atoms with E-state index in [1.54, 1.807) is 14.2 Å². The minimum Gasteiger partial charge on any atom is -0.383 e. The first-order valence-corrected chi connectivity index (χ1v) is 6.02. The number of hydrogen-bond donors (Lipinski definition) is 1. The Labute approximate surface area is 100 Å². The quantitative estimate of drug-likeness (QED) is 0.609. The molecule has 0 aliphatic heterocycles. The van der Waals surface area contributed by atoms with Gasteiger partial charge in [0.1, 0.15) is 0 Å². The summed E-state index contributed by atoms with van der Waals surface area (Å²) in [6, 6.07) is 0. The summed E-state index contributed by atoms with van der Waals surface area (Å²) < 4.78 is 10.2. The summed E-state index contributed by atoms with van der Waals surface area (Å²) in [5, 5.41) is 0. The molecule has 4 nitrogen and oxygen atoms in total. The molecule has 0 bridgehead atoms. The van der Waals surface area contributed by atoms with Crippen molar-refractivity contribution in [3.8, 4) is 0 Å². The first-order valence-electron chi connectivity index (χ1n) is 6.02. The van der Waals surface area contributed by atoms with Crippen molar-refractivity contribution in [3.63, 3.8) is 0 Å². The molecular weight excluding hydrogens is 204 g/mol. The summed E-state index contributed by atoms with van der Waals surface area (Å²) in [5.74, 6) is 0. The van der Waals surface area contributed by atoms with Gasteiger partial charge in [0, 0.05) is 33.9 Å². The van der Waals surface area contributed by atoms with Gasteiger partial charge in [-0.1, -0.05) is 13.8 Å². The molecule has 0 saturated heterocycles. The number of hydrogen-bond acceptors (Lipinski definition) is 4. The van der Waals surface area contributed by atoms with Crippen molar-refractivity contribution in [2.24, 2.45) is 11.1 Å². The molecule has 1 atom stereocenters. The topological polar surface area (TPSA) is 47.7 Å². The Balaban J connectivity index is 4.15. The molecule has 0 radical (unpaired) electrons. The summed E-state index contributed by atoms with van der Waals surface area (Å²) in [6.45, 7) is 9.55. The van der Waals surface area contributed by atoms with Crippen LogP contribution < -0.4 is 5.73 Å². The second kappa shape index (κ2) is 8.93. The zero-order valence-electron chi connectivity index (χ0n) is 11.3. The van der Waals surface area contributed by atoms with Gasteiger partial charge < -0.3 is 15.2 Å². The van der Waals surface area contributed by atoms with E-state index in [1.807, 2.05) is 0 Å². The normalized spacial score (nSPS) is 15.4. The Morgan fingerprint density at radius 2 is 1.62 bits per heavy atom. The largest absolute Gasteiger partial charge is 0.383 e. The first kappa shape index (κ1) is 15.8. The Morgan fingerprint density at radius 3 is 1.94 bits per heavy atom. The molecule has 98 valence electrons. The van der Waals surface area contributed by atoms with Gasteiger partial charge in [-0.2, -0.15) is 0 Å². The summed E-state index contributed by atoms with van der Waals surface area (Å²) in [4.78, 5) is 2.36. The van der Waals surface area contributed by atoms with Crippen LogP contribution >= 0.6 is 0 Å². The van der Waals surface area contributed by atoms with Gasteiger partial charge in [0.15, 0.2) is 0 Å². The van der Waals surface area contributed by atoms with Crippen LogP contribution in [0.5, 0.6) is 0 Å². The zero-order chi connectivity index (χ0) is 12.4. The van der Waals surface area contributed by atoms with Gasteiger partial charge in [-0.25, -0.2) is 0 Å². The molecule has 0 aromatic carbocycles. The Morgan fingerprint density at radius 1 is 1.12 bits per heavy atom. The molecule has 0 rings (SSSR count). The predicted molar refractivity (Wildman–Crippen MR) is 67.6 cm³/mol. The van der Waals surface area contributed by atoms with Gasteiger partial charge in [-0.05, 0) is 18.4 Å². The van der Waals surface area contributed by atoms with E-state index in [0.717, 1.165) is 45.8 Å². The minimum absolute atomic E-state index is 0.196. The minimum atomic E-state index is 0.196. The van der Waals surface area contributed by atoms with E-state index in [2.05, 4.69) is 18.7 Å². The number of nitrogens with two attached hydrogens (primary N) is 1. The van der Waals surface area contributed by atoms with Crippen LogP contribution in [0.25, 0.3) is 0 Å². The maximum absolute atomic E-state index is 5.83. The number of ether oxygens (including phenoxy) is 2. The lowest BCUT2D eigenvalue weighted by Gasteiger charge is -2.33. The summed E-state index contributed by atoms with van der Waals surface area (Å²) >= 11 is 0. The van der Waals surface area contributed by atoms with Crippen LogP contribution in [-0.4, -0.2) is 58.5 Å². The third-order valence-electron chi connectivity index (χ3n) is 3.17. The van der Waals surface area contributed by atoms with Gasteiger partial charge in [0.2, 0.25) is 0 Å². The lowest BCUT2D eigenvalue weighted by molar-refractivity contribution is 0.0847. The maximum atomic E-state index is 5.83. The lowest BCUT2D eigenvalue weighted by atomic mass is 9.87. The molecule has 1 unspecified atom stereocenters. The molecule has 0 aliphatic carbocycles. The summed E-state index contributed by atoms with van der Waals surface area (Å²) in [7, 11) is 3.47. The van der Waals surface area contributed by atoms with E-state index >= 15 is 0 Å². The highest BCUT2D eigenvalue weighted by Gasteiger charge is 2.23. The molecule has 0 aromatic heterocycles. The van der Waals surface area contributed by atoms with E-state index in [1.165, 1.54) is 0 Å². The van der Waals surface area contributed by atoms with Crippen LogP contribution in [0.15, 0.2) is 0 Å². The molecule has 2 N–H and O–H groups in total. The molecule has 0 heterocycles. The van der Waals surface area contributed by atoms with Gasteiger partial charge in [-0.15, -0.1) is 0 Å². The molecule has 4 heteroatoms. The van der Waals surface area contributed by atoms with E-state index in [0.29, 0.717) is 0 Å². The van der Waals surface area contributed by atoms with E-state index in [4.69, 9.17) is 15.2 Å². The van der Waals surface area contributed by atoms with Crippen molar-refractivity contribution in [3.05, 3.63) is 0 Å². The second-order valence-corrected chi connectivity index (χ2v) is 4.63. The number of nitrogens with zero attached hydrogens (tertiary/aromatic N) is 1. The molecule has 0 aliphatic rings. The van der Waals surface area contributed by atoms with Gasteiger partial charge >= 0.3 is 0 Å². The summed E-state index contributed by atoms with van der Waals surface area (Å²) in [6.07, 6.45) is 1.10. The highest BCUT2D eigenvalue weighted by Crippen LogP contribution is 2.20. The fourth-order valence-electron chi connectivity index (χ4n) is 1.57. The van der Waals surface area contributed by atoms with Crippen LogP contribution in [0.2, 0.25) is 0 Å². The van der Waals surface area contributed by atoms with Crippen molar-refractivity contribution < 1.29 is 9.47 Å². The number of methoxy groups -OCH3 is 2. The van der Waals surface area contributed by atoms with Crippen LogP contribution in [0.4, 0.5) is 0 Å². The standard InChI is InChI=1S/C12H28N2O2/c1-5-12(2,10-13)11-14(6-8-15-3)7-9-16-4/h5-11,13H2,1-4H3. The Bertz CT molecular complexity index is 153. The smallest absolute Gasteiger partial charge is 0.0589 e. The van der Waals surface area contributed by atoms with Gasteiger partial charge in [-0.3, -0.25) is 4.90 Å². The molecule has 0 fully saturated rings. The van der Waals surface area contributed by atoms with Crippen molar-refractivity contribution in [1.82, 2.24) is 4.90 Å². The highest BCUT2D eigenvalue weighted by molar-refractivity contribution is 4.78. The van der Waals surface area contributed by atoms with Crippen molar-refractivity contribution >= 4 is 0 Å². The van der Waals surface area contributed by atoms with Gasteiger partial charge in [0.25, 0.3) is 0 Å². The summed E-state index contributed by atoms with van der Waals surface area (Å²) in [5.41, 5.74) is 6.03. The SMILES string of the molecule is CCC(C)(CN)CN(CCOC)CCOC. The van der Waals surface area contributed by atoms with E-state index in [-0.39, 0.29) is 5.41 Å². The average molecular weight is 232 g/mol. The van der Waals surface area contributed by atoms with Crippen LogP contribution in [0.3, 0.4) is 0 Å². The molecule has 0 spiro atoms. The average Bonchev–Trinajstić information content (AvgIpc) is 2.32. The molecule has 0 saturated carbocycles. The van der Waals surface area contributed by atoms with Crippen LogP contribution in [0.1, 0.15) is 20.3 Å². The van der Waals surface area contributed by atoms with Crippen LogP contribution in [-0.2, 0) is 9.47 Å². The maximum Gasteiger partial charge on any atom is 0.0589 e. The second-order valence-electron chi connectivity index (χ2n) is 4.63. The Kier molecular flexibility index (Phi) is 8.84. The predicted octanol–water partition coefficient (Wildman–Crippen LogP) is 0.956. The molecule has 0 aromatic rings. The molecule has 16 heavy (non-hydrogen) atoms. The molecular formula is C12H28N2O2. The third kappa shape index (κ3) is 6.43. The lowest BCUT2D eigenvalue weighted by Crippen LogP contribution is -2.42. The fraction of sp³-hybridized carbons (Fsp3) is 1.00. The molecule has 0 amide bonds. The number of rotatable bonds is 10. The van der Waals surface area contributed by atoms with Gasteiger partial charge in [0.05, 0.1) is 13.2 Å².